The minimum Gasteiger partial charge on any atom is -0.453 e. The number of hydrogen-bond donors (Lipinski definition) is 1. The molecule has 0 saturated carbocycles. The highest BCUT2D eigenvalue weighted by atomic mass is 16.6. The molecule has 3 heteroatoms. The van der Waals surface area contributed by atoms with Gasteiger partial charge in [0.2, 0.25) is 0 Å². The van der Waals surface area contributed by atoms with Gasteiger partial charge in [-0.3, -0.25) is 4.79 Å². The number of hydrogen-bond acceptors (Lipinski definition) is 3. The van der Waals surface area contributed by atoms with Crippen LogP contribution in [0.4, 0.5) is 0 Å². The van der Waals surface area contributed by atoms with Gasteiger partial charge in [0.15, 0.2) is 0 Å². The molecule has 0 aliphatic rings. The van der Waals surface area contributed by atoms with E-state index in [-0.39, 0.29) is 12.5 Å². The lowest BCUT2D eigenvalue weighted by molar-refractivity contribution is -0.157. The van der Waals surface area contributed by atoms with Crippen LogP contribution in [-0.2, 0) is 15.1 Å². The molecule has 1 rings (SSSR count). The predicted octanol–water partition coefficient (Wildman–Crippen LogP) is 1.81. The van der Waals surface area contributed by atoms with Gasteiger partial charge in [0.1, 0.15) is 5.60 Å². The largest absolute Gasteiger partial charge is 0.453 e. The van der Waals surface area contributed by atoms with Crippen LogP contribution in [0, 0.1) is 0 Å². The van der Waals surface area contributed by atoms with E-state index in [9.17, 15) is 4.79 Å². The summed E-state index contributed by atoms with van der Waals surface area (Å²) in [4.78, 5) is 11.3. The summed E-state index contributed by atoms with van der Waals surface area (Å²) in [6.07, 6.45) is 0.364. The number of ether oxygens (including phenoxy) is 1. The van der Waals surface area contributed by atoms with Crippen LogP contribution in [-0.4, -0.2) is 12.5 Å². The minimum absolute atomic E-state index is 0.230. The fraction of sp³-hybridized carbons (Fsp3) is 0.417. The van der Waals surface area contributed by atoms with Gasteiger partial charge in [-0.1, -0.05) is 37.3 Å². The monoisotopic (exact) mass is 207 g/mol. The Hall–Kier alpha value is -1.35. The van der Waals surface area contributed by atoms with Crippen LogP contribution in [0.15, 0.2) is 30.3 Å². The maximum absolute atomic E-state index is 11.3. The van der Waals surface area contributed by atoms with Crippen LogP contribution in [0.5, 0.6) is 0 Å². The van der Waals surface area contributed by atoms with Gasteiger partial charge in [0, 0.05) is 13.0 Å². The number of esters is 1. The number of carbonyl (C=O) groups excluding carboxylic acids is 1. The maximum atomic E-state index is 11.3. The van der Waals surface area contributed by atoms with Crippen LogP contribution >= 0.6 is 0 Å². The topological polar surface area (TPSA) is 52.3 Å². The van der Waals surface area contributed by atoms with E-state index in [4.69, 9.17) is 10.5 Å². The summed E-state index contributed by atoms with van der Waals surface area (Å²) >= 11 is 0. The van der Waals surface area contributed by atoms with Crippen molar-refractivity contribution in [3.63, 3.8) is 0 Å². The average Bonchev–Trinajstić information content (AvgIpc) is 2.30. The van der Waals surface area contributed by atoms with Crippen LogP contribution in [0.25, 0.3) is 0 Å². The number of benzene rings is 1. The summed E-state index contributed by atoms with van der Waals surface area (Å²) in [7, 11) is 0. The molecule has 0 aromatic heterocycles. The van der Waals surface area contributed by atoms with Crippen molar-refractivity contribution >= 4 is 5.97 Å². The van der Waals surface area contributed by atoms with E-state index in [1.54, 1.807) is 6.92 Å². The highest BCUT2D eigenvalue weighted by Crippen LogP contribution is 2.24. The van der Waals surface area contributed by atoms with E-state index in [0.29, 0.717) is 6.42 Å². The van der Waals surface area contributed by atoms with E-state index in [1.807, 2.05) is 37.3 Å². The van der Waals surface area contributed by atoms with Crippen molar-refractivity contribution in [1.29, 1.82) is 0 Å². The fourth-order valence-corrected chi connectivity index (χ4v) is 1.33. The number of carbonyl (C=O) groups is 1. The summed E-state index contributed by atoms with van der Waals surface area (Å²) in [5.74, 6) is -0.230. The summed E-state index contributed by atoms with van der Waals surface area (Å²) in [5.41, 5.74) is 5.88. The lowest BCUT2D eigenvalue weighted by Crippen LogP contribution is -2.36. The van der Waals surface area contributed by atoms with Gasteiger partial charge in [-0.05, 0) is 12.5 Å². The molecule has 0 radical (unpaired) electrons. The molecular weight excluding hydrogens is 190 g/mol. The zero-order chi connectivity index (χ0) is 11.3. The SMILES string of the molecule is CCC(=O)OC(C)(CN)c1ccccc1. The Kier molecular flexibility index (Phi) is 3.86. The van der Waals surface area contributed by atoms with Gasteiger partial charge in [0.05, 0.1) is 0 Å². The molecule has 1 aromatic carbocycles. The van der Waals surface area contributed by atoms with Crippen molar-refractivity contribution in [2.75, 3.05) is 6.54 Å². The second-order valence-corrected chi connectivity index (χ2v) is 3.63. The van der Waals surface area contributed by atoms with Crippen LogP contribution in [0.3, 0.4) is 0 Å². The summed E-state index contributed by atoms with van der Waals surface area (Å²) in [5, 5.41) is 0. The summed E-state index contributed by atoms with van der Waals surface area (Å²) < 4.78 is 5.36. The molecule has 1 aromatic rings. The average molecular weight is 207 g/mol. The molecule has 0 spiro atoms. The van der Waals surface area contributed by atoms with Gasteiger partial charge in [-0.15, -0.1) is 0 Å². The van der Waals surface area contributed by atoms with Crippen molar-refractivity contribution in [2.24, 2.45) is 5.73 Å². The Morgan fingerprint density at radius 2 is 2.00 bits per heavy atom. The molecule has 0 aliphatic heterocycles. The van der Waals surface area contributed by atoms with Crippen molar-refractivity contribution in [3.8, 4) is 0 Å². The molecule has 1 unspecified atom stereocenters. The van der Waals surface area contributed by atoms with Crippen molar-refractivity contribution < 1.29 is 9.53 Å². The lowest BCUT2D eigenvalue weighted by atomic mass is 9.96. The molecule has 15 heavy (non-hydrogen) atoms. The smallest absolute Gasteiger partial charge is 0.306 e. The van der Waals surface area contributed by atoms with Gasteiger partial charge >= 0.3 is 5.97 Å². The fourth-order valence-electron chi connectivity index (χ4n) is 1.33. The quantitative estimate of drug-likeness (QED) is 0.766. The van der Waals surface area contributed by atoms with Crippen LogP contribution < -0.4 is 5.73 Å². The normalized spacial score (nSPS) is 14.3. The van der Waals surface area contributed by atoms with E-state index >= 15 is 0 Å². The molecule has 0 fully saturated rings. The van der Waals surface area contributed by atoms with E-state index in [2.05, 4.69) is 0 Å². The first-order valence-corrected chi connectivity index (χ1v) is 5.10. The van der Waals surface area contributed by atoms with E-state index in [0.717, 1.165) is 5.56 Å². The Morgan fingerprint density at radius 3 is 2.47 bits per heavy atom. The molecule has 3 nitrogen and oxygen atoms in total. The van der Waals surface area contributed by atoms with Gasteiger partial charge in [-0.25, -0.2) is 0 Å². The third kappa shape index (κ3) is 2.80. The molecule has 0 bridgehead atoms. The molecule has 82 valence electrons. The van der Waals surface area contributed by atoms with Gasteiger partial charge in [0.25, 0.3) is 0 Å². The maximum Gasteiger partial charge on any atom is 0.306 e. The van der Waals surface area contributed by atoms with Gasteiger partial charge in [-0.2, -0.15) is 0 Å². The van der Waals surface area contributed by atoms with Gasteiger partial charge < -0.3 is 10.5 Å². The molecule has 0 amide bonds. The van der Waals surface area contributed by atoms with Crippen molar-refractivity contribution in [1.82, 2.24) is 0 Å². The standard InChI is InChI=1S/C12H17NO2/c1-3-11(14)15-12(2,9-13)10-7-5-4-6-8-10/h4-8H,3,9,13H2,1-2H3. The number of rotatable bonds is 4. The first-order valence-electron chi connectivity index (χ1n) is 5.10. The summed E-state index contributed by atoms with van der Waals surface area (Å²) in [6, 6.07) is 9.56. The molecule has 0 heterocycles. The Morgan fingerprint density at radius 1 is 1.40 bits per heavy atom. The first kappa shape index (κ1) is 11.7. The molecule has 0 aliphatic carbocycles. The Bertz CT molecular complexity index is 324. The first-order chi connectivity index (χ1) is 7.12. The van der Waals surface area contributed by atoms with E-state index < -0.39 is 5.60 Å². The Labute approximate surface area is 90.2 Å². The van der Waals surface area contributed by atoms with Crippen LogP contribution in [0.1, 0.15) is 25.8 Å². The Balaban J connectivity index is 2.90. The third-order valence-corrected chi connectivity index (χ3v) is 2.40. The second kappa shape index (κ2) is 4.94. The van der Waals surface area contributed by atoms with Crippen LogP contribution in [0.2, 0.25) is 0 Å². The third-order valence-electron chi connectivity index (χ3n) is 2.40. The van der Waals surface area contributed by atoms with Crippen molar-refractivity contribution in [2.45, 2.75) is 25.9 Å². The predicted molar refractivity (Wildman–Crippen MR) is 59.2 cm³/mol. The molecule has 1 atom stereocenters. The highest BCUT2D eigenvalue weighted by molar-refractivity contribution is 5.69. The zero-order valence-electron chi connectivity index (χ0n) is 9.19. The summed E-state index contributed by atoms with van der Waals surface area (Å²) in [6.45, 7) is 3.88. The number of nitrogens with two attached hydrogens (primary N) is 1. The second-order valence-electron chi connectivity index (χ2n) is 3.63. The lowest BCUT2D eigenvalue weighted by Gasteiger charge is -2.28. The molecule has 2 N–H and O–H groups in total. The highest BCUT2D eigenvalue weighted by Gasteiger charge is 2.28. The molecule has 0 saturated heterocycles. The van der Waals surface area contributed by atoms with E-state index in [1.165, 1.54) is 0 Å². The minimum atomic E-state index is -0.714. The van der Waals surface area contributed by atoms with Crippen molar-refractivity contribution in [3.05, 3.63) is 35.9 Å². The molecular formula is C12H17NO2. The zero-order valence-corrected chi connectivity index (χ0v) is 9.19.